The molecule has 4 rings (SSSR count). The van der Waals surface area contributed by atoms with E-state index in [9.17, 15) is 4.79 Å². The van der Waals surface area contributed by atoms with E-state index in [1.54, 1.807) is 0 Å². The lowest BCUT2D eigenvalue weighted by molar-refractivity contribution is -0.131. The lowest BCUT2D eigenvalue weighted by atomic mass is 9.75. The van der Waals surface area contributed by atoms with Crippen LogP contribution in [-0.2, 0) is 4.79 Å². The lowest BCUT2D eigenvalue weighted by Crippen LogP contribution is -2.45. The number of amides is 1. The van der Waals surface area contributed by atoms with Gasteiger partial charge in [-0.15, -0.1) is 10.2 Å². The second-order valence-corrected chi connectivity index (χ2v) is 8.39. The van der Waals surface area contributed by atoms with Gasteiger partial charge in [-0.05, 0) is 43.7 Å². The summed E-state index contributed by atoms with van der Waals surface area (Å²) in [7, 11) is 0. The number of benzene rings is 1. The molecule has 0 radical (unpaired) electrons. The number of fused-ring (bicyclic) bond motifs is 1. The van der Waals surface area contributed by atoms with Gasteiger partial charge in [0.05, 0.1) is 5.75 Å². The van der Waals surface area contributed by atoms with Gasteiger partial charge in [0.15, 0.2) is 0 Å². The molecule has 26 heavy (non-hydrogen) atoms. The molecule has 138 valence electrons. The molecular formula is C20H25N3O2S. The number of hydrogen-bond acceptors (Lipinski definition) is 5. The zero-order chi connectivity index (χ0) is 17.9. The minimum Gasteiger partial charge on any atom is -0.411 e. The van der Waals surface area contributed by atoms with Crippen LogP contribution in [0.1, 0.15) is 37.7 Å². The molecule has 1 aromatic heterocycles. The number of likely N-dealkylation sites (tertiary alicyclic amines) is 1. The van der Waals surface area contributed by atoms with Gasteiger partial charge in [-0.25, -0.2) is 0 Å². The topological polar surface area (TPSA) is 59.2 Å². The molecular weight excluding hydrogens is 346 g/mol. The van der Waals surface area contributed by atoms with Crippen LogP contribution in [-0.4, -0.2) is 39.8 Å². The van der Waals surface area contributed by atoms with Gasteiger partial charge in [0.2, 0.25) is 11.8 Å². The highest BCUT2D eigenvalue weighted by molar-refractivity contribution is 7.99. The molecule has 0 N–H and O–H groups in total. The summed E-state index contributed by atoms with van der Waals surface area (Å²) in [5.74, 6) is 2.62. The monoisotopic (exact) mass is 371 g/mol. The highest BCUT2D eigenvalue weighted by atomic mass is 32.2. The Morgan fingerprint density at radius 3 is 2.92 bits per heavy atom. The van der Waals surface area contributed by atoms with Gasteiger partial charge in [-0.1, -0.05) is 48.7 Å². The second kappa shape index (κ2) is 7.82. The number of nitrogens with zero attached hydrogens (tertiary/aromatic N) is 3. The van der Waals surface area contributed by atoms with Gasteiger partial charge in [0.25, 0.3) is 5.22 Å². The van der Waals surface area contributed by atoms with Crippen molar-refractivity contribution in [1.29, 1.82) is 0 Å². The standard InChI is InChI=1S/C20H25N3O2S/c1-14-5-4-8-16(11-14)19-21-22-20(25-19)26-13-18(24)23-10-9-15-6-2-3-7-17(15)12-23/h4-5,8,11,15,17H,2-3,6-7,9-10,12-13H2,1H3/t15-,17-/m1/s1. The van der Waals surface area contributed by atoms with Gasteiger partial charge in [0.1, 0.15) is 0 Å². The Hall–Kier alpha value is -1.82. The Bertz CT molecular complexity index is 776. The molecule has 2 aromatic rings. The van der Waals surface area contributed by atoms with E-state index in [2.05, 4.69) is 10.2 Å². The molecule has 1 amide bonds. The minimum atomic E-state index is 0.189. The first kappa shape index (κ1) is 17.6. The van der Waals surface area contributed by atoms with Crippen LogP contribution in [0.15, 0.2) is 33.9 Å². The lowest BCUT2D eigenvalue weighted by Gasteiger charge is -2.41. The van der Waals surface area contributed by atoms with Crippen LogP contribution in [0.3, 0.4) is 0 Å². The van der Waals surface area contributed by atoms with Crippen LogP contribution in [0, 0.1) is 18.8 Å². The Kier molecular flexibility index (Phi) is 5.29. The molecule has 1 aliphatic carbocycles. The number of hydrogen-bond donors (Lipinski definition) is 0. The molecule has 2 atom stereocenters. The Morgan fingerprint density at radius 2 is 2.08 bits per heavy atom. The first-order valence-electron chi connectivity index (χ1n) is 9.50. The summed E-state index contributed by atoms with van der Waals surface area (Å²) in [6.45, 7) is 3.87. The molecule has 1 saturated heterocycles. The predicted molar refractivity (Wildman–Crippen MR) is 102 cm³/mol. The summed E-state index contributed by atoms with van der Waals surface area (Å²) in [4.78, 5) is 14.6. The number of aryl methyl sites for hydroxylation is 1. The van der Waals surface area contributed by atoms with Crippen LogP contribution in [0.5, 0.6) is 0 Å². The van der Waals surface area contributed by atoms with Gasteiger partial charge in [0, 0.05) is 18.7 Å². The third-order valence-electron chi connectivity index (χ3n) is 5.63. The van der Waals surface area contributed by atoms with Crippen molar-refractivity contribution < 1.29 is 9.21 Å². The fourth-order valence-electron chi connectivity index (χ4n) is 4.21. The summed E-state index contributed by atoms with van der Waals surface area (Å²) < 4.78 is 5.72. The van der Waals surface area contributed by atoms with E-state index in [-0.39, 0.29) is 5.91 Å². The molecule has 0 bridgehead atoms. The average Bonchev–Trinajstić information content (AvgIpc) is 3.15. The molecule has 5 nitrogen and oxygen atoms in total. The maximum absolute atomic E-state index is 12.6. The maximum Gasteiger partial charge on any atom is 0.277 e. The van der Waals surface area contributed by atoms with Gasteiger partial charge < -0.3 is 9.32 Å². The van der Waals surface area contributed by atoms with Crippen molar-refractivity contribution in [2.75, 3.05) is 18.8 Å². The molecule has 0 unspecified atom stereocenters. The van der Waals surface area contributed by atoms with Crippen LogP contribution in [0.4, 0.5) is 0 Å². The van der Waals surface area contributed by atoms with Gasteiger partial charge >= 0.3 is 0 Å². The molecule has 2 fully saturated rings. The second-order valence-electron chi connectivity index (χ2n) is 7.46. The number of aromatic nitrogens is 2. The number of rotatable bonds is 4. The van der Waals surface area contributed by atoms with E-state index < -0.39 is 0 Å². The van der Waals surface area contributed by atoms with E-state index in [0.29, 0.717) is 22.8 Å². The molecule has 2 aliphatic rings. The maximum atomic E-state index is 12.6. The molecule has 1 aromatic carbocycles. The number of carbonyl (C=O) groups is 1. The first-order valence-corrected chi connectivity index (χ1v) is 10.5. The SMILES string of the molecule is Cc1cccc(-c2nnc(SCC(=O)N3CC[C@H]4CCCC[C@@H]4C3)o2)c1. The molecule has 0 spiro atoms. The fraction of sp³-hybridized carbons (Fsp3) is 0.550. The van der Waals surface area contributed by atoms with E-state index in [0.717, 1.165) is 30.1 Å². The zero-order valence-electron chi connectivity index (χ0n) is 15.2. The quantitative estimate of drug-likeness (QED) is 0.755. The van der Waals surface area contributed by atoms with E-state index in [4.69, 9.17) is 4.42 Å². The Balaban J connectivity index is 1.32. The van der Waals surface area contributed by atoms with Gasteiger partial charge in [-0.3, -0.25) is 4.79 Å². The van der Waals surface area contributed by atoms with E-state index >= 15 is 0 Å². The normalized spacial score (nSPS) is 22.9. The van der Waals surface area contributed by atoms with Crippen molar-refractivity contribution in [3.05, 3.63) is 29.8 Å². The fourth-order valence-corrected chi connectivity index (χ4v) is 4.87. The third kappa shape index (κ3) is 3.95. The van der Waals surface area contributed by atoms with Crippen molar-refractivity contribution >= 4 is 17.7 Å². The van der Waals surface area contributed by atoms with E-state index in [1.807, 2.05) is 36.1 Å². The Labute approximate surface area is 158 Å². The highest BCUT2D eigenvalue weighted by Gasteiger charge is 2.32. The van der Waals surface area contributed by atoms with Crippen LogP contribution in [0.2, 0.25) is 0 Å². The Morgan fingerprint density at radius 1 is 1.23 bits per heavy atom. The van der Waals surface area contributed by atoms with Crippen LogP contribution < -0.4 is 0 Å². The molecule has 2 heterocycles. The number of thioether (sulfide) groups is 1. The minimum absolute atomic E-state index is 0.189. The summed E-state index contributed by atoms with van der Waals surface area (Å²) in [6.07, 6.45) is 6.49. The smallest absolute Gasteiger partial charge is 0.277 e. The average molecular weight is 372 g/mol. The van der Waals surface area contributed by atoms with Crippen molar-refractivity contribution in [2.45, 2.75) is 44.3 Å². The highest BCUT2D eigenvalue weighted by Crippen LogP contribution is 2.36. The summed E-state index contributed by atoms with van der Waals surface area (Å²) in [5.41, 5.74) is 2.06. The molecule has 1 saturated carbocycles. The molecule has 1 aliphatic heterocycles. The van der Waals surface area contributed by atoms with Crippen LogP contribution >= 0.6 is 11.8 Å². The third-order valence-corrected chi connectivity index (χ3v) is 6.44. The summed E-state index contributed by atoms with van der Waals surface area (Å²) in [6, 6.07) is 7.97. The van der Waals surface area contributed by atoms with Gasteiger partial charge in [-0.2, -0.15) is 0 Å². The zero-order valence-corrected chi connectivity index (χ0v) is 16.0. The first-order chi connectivity index (χ1) is 12.7. The summed E-state index contributed by atoms with van der Waals surface area (Å²) >= 11 is 1.34. The van der Waals surface area contributed by atoms with Crippen molar-refractivity contribution in [1.82, 2.24) is 15.1 Å². The van der Waals surface area contributed by atoms with Crippen LogP contribution in [0.25, 0.3) is 11.5 Å². The number of piperidine rings is 1. The van der Waals surface area contributed by atoms with Crippen molar-refractivity contribution in [3.63, 3.8) is 0 Å². The van der Waals surface area contributed by atoms with E-state index in [1.165, 1.54) is 43.9 Å². The van der Waals surface area contributed by atoms with Crippen molar-refractivity contribution in [2.24, 2.45) is 11.8 Å². The largest absolute Gasteiger partial charge is 0.411 e. The van der Waals surface area contributed by atoms with Crippen molar-refractivity contribution in [3.8, 4) is 11.5 Å². The predicted octanol–water partition coefficient (Wildman–Crippen LogP) is 4.18. The number of carbonyl (C=O) groups excluding carboxylic acids is 1. The summed E-state index contributed by atoms with van der Waals surface area (Å²) in [5, 5.41) is 8.65. The molecule has 6 heteroatoms.